The molecule has 2 aromatic carbocycles. The number of ether oxygens (including phenoxy) is 1. The molecule has 0 spiro atoms. The topological polar surface area (TPSA) is 95.9 Å². The van der Waals surface area contributed by atoms with E-state index in [2.05, 4.69) is 29.6 Å². The molecule has 2 fully saturated rings. The second-order valence-corrected chi connectivity index (χ2v) is 9.75. The van der Waals surface area contributed by atoms with E-state index in [1.807, 2.05) is 24.3 Å². The number of likely N-dealkylation sites (tertiary alicyclic amines) is 1. The third kappa shape index (κ3) is 4.15. The van der Waals surface area contributed by atoms with Crippen LogP contribution in [0.2, 0.25) is 0 Å². The van der Waals surface area contributed by atoms with Gasteiger partial charge in [0.2, 0.25) is 5.91 Å². The van der Waals surface area contributed by atoms with Crippen LogP contribution in [0.4, 0.5) is 4.79 Å². The maximum Gasteiger partial charge on any atom is 0.408 e. The van der Waals surface area contributed by atoms with Crippen LogP contribution in [0.5, 0.6) is 0 Å². The Labute approximate surface area is 199 Å². The van der Waals surface area contributed by atoms with Gasteiger partial charge in [-0.1, -0.05) is 48.5 Å². The molecule has 2 amide bonds. The number of nitrogens with zero attached hydrogens (tertiary/aromatic N) is 1. The van der Waals surface area contributed by atoms with Crippen LogP contribution in [0.3, 0.4) is 0 Å². The largest absolute Gasteiger partial charge is 0.481 e. The van der Waals surface area contributed by atoms with Gasteiger partial charge in [-0.05, 0) is 60.3 Å². The molecule has 0 bridgehead atoms. The van der Waals surface area contributed by atoms with E-state index in [-0.39, 0.29) is 24.9 Å². The van der Waals surface area contributed by atoms with Gasteiger partial charge < -0.3 is 20.1 Å². The second-order valence-electron chi connectivity index (χ2n) is 9.75. The maximum absolute atomic E-state index is 13.1. The molecule has 2 aliphatic carbocycles. The molecule has 1 saturated carbocycles. The zero-order valence-electron chi connectivity index (χ0n) is 19.2. The number of benzene rings is 2. The summed E-state index contributed by atoms with van der Waals surface area (Å²) in [4.78, 5) is 38.4. The van der Waals surface area contributed by atoms with E-state index in [0.29, 0.717) is 38.3 Å². The Morgan fingerprint density at radius 1 is 1.00 bits per heavy atom. The summed E-state index contributed by atoms with van der Waals surface area (Å²) in [6, 6.07) is 16.4. The molecule has 178 valence electrons. The summed E-state index contributed by atoms with van der Waals surface area (Å²) in [5.74, 6) is -0.502. The minimum Gasteiger partial charge on any atom is -0.481 e. The summed E-state index contributed by atoms with van der Waals surface area (Å²) < 4.78 is 5.67. The van der Waals surface area contributed by atoms with E-state index < -0.39 is 17.6 Å². The summed E-state index contributed by atoms with van der Waals surface area (Å²) in [5.41, 5.74) is 3.79. The molecule has 7 heteroatoms. The summed E-state index contributed by atoms with van der Waals surface area (Å²) in [6.07, 6.45) is 3.19. The van der Waals surface area contributed by atoms with Gasteiger partial charge in [-0.25, -0.2) is 4.79 Å². The number of hydrogen-bond acceptors (Lipinski definition) is 4. The molecule has 0 aromatic heterocycles. The van der Waals surface area contributed by atoms with Crippen LogP contribution >= 0.6 is 0 Å². The second kappa shape index (κ2) is 9.12. The maximum atomic E-state index is 13.1. The van der Waals surface area contributed by atoms with Crippen molar-refractivity contribution in [3.8, 4) is 11.1 Å². The van der Waals surface area contributed by atoms with Crippen LogP contribution in [-0.4, -0.2) is 53.2 Å². The van der Waals surface area contributed by atoms with Crippen LogP contribution < -0.4 is 5.32 Å². The van der Waals surface area contributed by atoms with Crippen LogP contribution in [0.1, 0.15) is 55.6 Å². The molecule has 0 unspecified atom stereocenters. The van der Waals surface area contributed by atoms with Crippen molar-refractivity contribution in [1.29, 1.82) is 0 Å². The zero-order chi connectivity index (χ0) is 23.7. The molecule has 1 saturated heterocycles. The average Bonchev–Trinajstić information content (AvgIpc) is 3.09. The van der Waals surface area contributed by atoms with Crippen LogP contribution in [-0.2, 0) is 14.3 Å². The predicted octanol–water partition coefficient (Wildman–Crippen LogP) is 4.16. The molecule has 2 N–H and O–H groups in total. The molecule has 1 heterocycles. The standard InChI is InChI=1S/C27H30N2O5/c30-24(31)12-5-7-18-15-29(16-18)25(32)27(13-6-14-27)28-26(33)34-17-23-21-10-3-1-8-19(21)20-9-2-4-11-22(20)23/h1-4,8-11,18,23H,5-7,12-17H2,(H,28,33)(H,30,31). The first kappa shape index (κ1) is 22.4. The number of nitrogens with one attached hydrogen (secondary N) is 1. The Morgan fingerprint density at radius 3 is 2.18 bits per heavy atom. The van der Waals surface area contributed by atoms with Gasteiger partial charge in [0.15, 0.2) is 0 Å². The zero-order valence-corrected chi connectivity index (χ0v) is 19.2. The molecular formula is C27H30N2O5. The van der Waals surface area contributed by atoms with Gasteiger partial charge in [0.05, 0.1) is 0 Å². The predicted molar refractivity (Wildman–Crippen MR) is 126 cm³/mol. The molecule has 5 rings (SSSR count). The number of carboxylic acid groups (broad SMARTS) is 1. The van der Waals surface area contributed by atoms with E-state index >= 15 is 0 Å². The molecule has 0 atom stereocenters. The van der Waals surface area contributed by atoms with Gasteiger partial charge >= 0.3 is 12.1 Å². The monoisotopic (exact) mass is 462 g/mol. The first-order chi connectivity index (χ1) is 16.5. The highest BCUT2D eigenvalue weighted by Crippen LogP contribution is 2.44. The summed E-state index contributed by atoms with van der Waals surface area (Å²) in [5, 5.41) is 11.7. The van der Waals surface area contributed by atoms with Crippen LogP contribution in [0.15, 0.2) is 48.5 Å². The molecular weight excluding hydrogens is 432 g/mol. The molecule has 7 nitrogen and oxygen atoms in total. The third-order valence-corrected chi connectivity index (χ3v) is 7.55. The SMILES string of the molecule is O=C(O)CCCC1CN(C(=O)C2(NC(=O)OCC3c4ccccc4-c4ccccc43)CCC2)C1. The Balaban J connectivity index is 1.16. The number of rotatable bonds is 8. The summed E-state index contributed by atoms with van der Waals surface area (Å²) in [7, 11) is 0. The third-order valence-electron chi connectivity index (χ3n) is 7.55. The van der Waals surface area contributed by atoms with Gasteiger partial charge in [0, 0.05) is 25.4 Å². The smallest absolute Gasteiger partial charge is 0.408 e. The van der Waals surface area contributed by atoms with E-state index in [4.69, 9.17) is 9.84 Å². The number of carboxylic acids is 1. The normalized spacial score (nSPS) is 18.3. The van der Waals surface area contributed by atoms with Gasteiger partial charge in [0.25, 0.3) is 0 Å². The van der Waals surface area contributed by atoms with Gasteiger partial charge in [-0.15, -0.1) is 0 Å². The fourth-order valence-corrected chi connectivity index (χ4v) is 5.52. The lowest BCUT2D eigenvalue weighted by Gasteiger charge is -2.48. The first-order valence-electron chi connectivity index (χ1n) is 12.1. The lowest BCUT2D eigenvalue weighted by Crippen LogP contribution is -2.67. The highest BCUT2D eigenvalue weighted by molar-refractivity contribution is 5.91. The lowest BCUT2D eigenvalue weighted by atomic mass is 9.74. The van der Waals surface area contributed by atoms with Crippen molar-refractivity contribution in [3.63, 3.8) is 0 Å². The molecule has 1 aliphatic heterocycles. The van der Waals surface area contributed by atoms with Gasteiger partial charge in [0.1, 0.15) is 12.1 Å². The number of alkyl carbamates (subject to hydrolysis) is 1. The minimum absolute atomic E-state index is 0.0202. The quantitative estimate of drug-likeness (QED) is 0.614. The highest BCUT2D eigenvalue weighted by atomic mass is 16.5. The molecule has 3 aliphatic rings. The van der Waals surface area contributed by atoms with E-state index in [9.17, 15) is 14.4 Å². The highest BCUT2D eigenvalue weighted by Gasteiger charge is 2.50. The molecule has 0 radical (unpaired) electrons. The van der Waals surface area contributed by atoms with Crippen LogP contribution in [0, 0.1) is 5.92 Å². The summed E-state index contributed by atoms with van der Waals surface area (Å²) in [6.45, 7) is 1.48. The number of hydrogen-bond donors (Lipinski definition) is 2. The number of fused-ring (bicyclic) bond motifs is 3. The van der Waals surface area contributed by atoms with E-state index in [1.165, 1.54) is 11.1 Å². The van der Waals surface area contributed by atoms with E-state index in [1.54, 1.807) is 4.90 Å². The fourth-order valence-electron chi connectivity index (χ4n) is 5.52. The summed E-state index contributed by atoms with van der Waals surface area (Å²) >= 11 is 0. The van der Waals surface area contributed by atoms with Crippen LogP contribution in [0.25, 0.3) is 11.1 Å². The number of aliphatic carboxylic acids is 1. The average molecular weight is 463 g/mol. The molecule has 34 heavy (non-hydrogen) atoms. The van der Waals surface area contributed by atoms with Crippen molar-refractivity contribution in [3.05, 3.63) is 59.7 Å². The number of amides is 2. The first-order valence-corrected chi connectivity index (χ1v) is 12.1. The number of carbonyl (C=O) groups is 3. The Kier molecular flexibility index (Phi) is 6.02. The number of carbonyl (C=O) groups excluding carboxylic acids is 2. The van der Waals surface area contributed by atoms with Crippen molar-refractivity contribution < 1.29 is 24.2 Å². The lowest BCUT2D eigenvalue weighted by molar-refractivity contribution is -0.149. The van der Waals surface area contributed by atoms with Gasteiger partial charge in [-0.3, -0.25) is 9.59 Å². The van der Waals surface area contributed by atoms with Crippen molar-refractivity contribution in [2.24, 2.45) is 5.92 Å². The minimum atomic E-state index is -0.866. The Morgan fingerprint density at radius 2 is 1.62 bits per heavy atom. The van der Waals surface area contributed by atoms with Crippen molar-refractivity contribution in [2.75, 3.05) is 19.7 Å². The van der Waals surface area contributed by atoms with E-state index in [0.717, 1.165) is 24.0 Å². The Hall–Kier alpha value is -3.35. The van der Waals surface area contributed by atoms with Crippen molar-refractivity contribution in [1.82, 2.24) is 10.2 Å². The Bertz CT molecular complexity index is 1060. The molecule has 2 aromatic rings. The van der Waals surface area contributed by atoms with Gasteiger partial charge in [-0.2, -0.15) is 0 Å². The van der Waals surface area contributed by atoms with Crippen molar-refractivity contribution >= 4 is 18.0 Å². The fraction of sp³-hybridized carbons (Fsp3) is 0.444. The van der Waals surface area contributed by atoms with Crippen molar-refractivity contribution in [2.45, 2.75) is 50.0 Å².